The predicted molar refractivity (Wildman–Crippen MR) is 113 cm³/mol. The summed E-state index contributed by atoms with van der Waals surface area (Å²) in [5.41, 5.74) is 3.33. The number of rotatable bonds is 8. The van der Waals surface area contributed by atoms with Crippen LogP contribution in [-0.2, 0) is 4.79 Å². The molecule has 0 aromatic heterocycles. The van der Waals surface area contributed by atoms with Gasteiger partial charge < -0.3 is 16.0 Å². The number of hydrogen-bond donors (Lipinski definition) is 3. The highest BCUT2D eigenvalue weighted by Crippen LogP contribution is 2.18. The van der Waals surface area contributed by atoms with Gasteiger partial charge in [0.2, 0.25) is 5.91 Å². The number of para-hydroxylation sites is 1. The summed E-state index contributed by atoms with van der Waals surface area (Å²) < 4.78 is 0. The summed E-state index contributed by atoms with van der Waals surface area (Å²) >= 11 is 0. The molecule has 3 aromatic rings. The molecule has 0 unspecified atom stereocenters. The molecule has 5 heteroatoms. The maximum Gasteiger partial charge on any atom is 0.251 e. The minimum Gasteiger partial charge on any atom is -0.356 e. The lowest BCUT2D eigenvalue weighted by molar-refractivity contribution is -0.116. The van der Waals surface area contributed by atoms with E-state index < -0.39 is 0 Å². The molecule has 28 heavy (non-hydrogen) atoms. The molecule has 0 spiro atoms. The average Bonchev–Trinajstić information content (AvgIpc) is 2.74. The largest absolute Gasteiger partial charge is 0.356 e. The van der Waals surface area contributed by atoms with Crippen LogP contribution < -0.4 is 16.0 Å². The molecule has 3 rings (SSSR count). The molecule has 0 bridgehead atoms. The molecular formula is C23H23N3O2. The zero-order valence-corrected chi connectivity index (χ0v) is 15.5. The SMILES string of the molecule is O=C(CCCNC(=O)c1ccccc1)Nc1ccc(Nc2ccccc2)cc1. The fourth-order valence-corrected chi connectivity index (χ4v) is 2.69. The van der Waals surface area contributed by atoms with Crippen LogP contribution in [0.15, 0.2) is 84.9 Å². The van der Waals surface area contributed by atoms with E-state index >= 15 is 0 Å². The first-order chi connectivity index (χ1) is 13.7. The summed E-state index contributed by atoms with van der Waals surface area (Å²) in [6.45, 7) is 0.459. The number of carbonyl (C=O) groups is 2. The van der Waals surface area contributed by atoms with Crippen molar-refractivity contribution in [3.8, 4) is 0 Å². The quantitative estimate of drug-likeness (QED) is 0.506. The second-order valence-electron chi connectivity index (χ2n) is 6.34. The molecule has 0 saturated heterocycles. The monoisotopic (exact) mass is 373 g/mol. The fraction of sp³-hybridized carbons (Fsp3) is 0.130. The van der Waals surface area contributed by atoms with Crippen molar-refractivity contribution in [3.05, 3.63) is 90.5 Å². The number of benzene rings is 3. The van der Waals surface area contributed by atoms with E-state index in [1.54, 1.807) is 12.1 Å². The number of hydrogen-bond acceptors (Lipinski definition) is 3. The smallest absolute Gasteiger partial charge is 0.251 e. The highest BCUT2D eigenvalue weighted by molar-refractivity contribution is 5.94. The van der Waals surface area contributed by atoms with Crippen LogP contribution >= 0.6 is 0 Å². The van der Waals surface area contributed by atoms with Crippen LogP contribution in [0.3, 0.4) is 0 Å². The van der Waals surface area contributed by atoms with E-state index in [1.807, 2.05) is 72.8 Å². The lowest BCUT2D eigenvalue weighted by Crippen LogP contribution is -2.25. The van der Waals surface area contributed by atoms with Crippen LogP contribution in [0.5, 0.6) is 0 Å². The highest BCUT2D eigenvalue weighted by atomic mass is 16.2. The molecule has 0 saturated carbocycles. The maximum atomic E-state index is 12.1. The number of nitrogens with one attached hydrogen (secondary N) is 3. The third-order valence-corrected chi connectivity index (χ3v) is 4.13. The molecule has 2 amide bonds. The Morgan fingerprint density at radius 3 is 1.93 bits per heavy atom. The average molecular weight is 373 g/mol. The molecular weight excluding hydrogens is 350 g/mol. The summed E-state index contributed by atoms with van der Waals surface area (Å²) in [5, 5.41) is 8.99. The van der Waals surface area contributed by atoms with Crippen LogP contribution in [0.25, 0.3) is 0 Å². The number of amides is 2. The van der Waals surface area contributed by atoms with Crippen molar-refractivity contribution >= 4 is 28.9 Å². The second kappa shape index (κ2) is 9.92. The van der Waals surface area contributed by atoms with Crippen LogP contribution in [-0.4, -0.2) is 18.4 Å². The topological polar surface area (TPSA) is 70.2 Å². The van der Waals surface area contributed by atoms with Gasteiger partial charge in [-0.15, -0.1) is 0 Å². The van der Waals surface area contributed by atoms with E-state index in [-0.39, 0.29) is 11.8 Å². The van der Waals surface area contributed by atoms with Crippen molar-refractivity contribution in [1.82, 2.24) is 5.32 Å². The van der Waals surface area contributed by atoms with Gasteiger partial charge in [-0.25, -0.2) is 0 Å². The van der Waals surface area contributed by atoms with Gasteiger partial charge in [0.1, 0.15) is 0 Å². The van der Waals surface area contributed by atoms with Gasteiger partial charge in [-0.05, 0) is 55.0 Å². The van der Waals surface area contributed by atoms with Gasteiger partial charge in [0.05, 0.1) is 0 Å². The Morgan fingerprint density at radius 2 is 1.25 bits per heavy atom. The minimum absolute atomic E-state index is 0.0715. The molecule has 5 nitrogen and oxygen atoms in total. The van der Waals surface area contributed by atoms with Crippen molar-refractivity contribution in [3.63, 3.8) is 0 Å². The summed E-state index contributed by atoms with van der Waals surface area (Å²) in [6.07, 6.45) is 0.928. The fourth-order valence-electron chi connectivity index (χ4n) is 2.69. The van der Waals surface area contributed by atoms with Crippen LogP contribution in [0, 0.1) is 0 Å². The highest BCUT2D eigenvalue weighted by Gasteiger charge is 2.06. The maximum absolute atomic E-state index is 12.1. The summed E-state index contributed by atoms with van der Waals surface area (Å²) in [4.78, 5) is 24.0. The second-order valence-corrected chi connectivity index (χ2v) is 6.34. The third-order valence-electron chi connectivity index (χ3n) is 4.13. The molecule has 3 aromatic carbocycles. The van der Waals surface area contributed by atoms with Crippen LogP contribution in [0.2, 0.25) is 0 Å². The van der Waals surface area contributed by atoms with Gasteiger partial charge in [0.25, 0.3) is 5.91 Å². The van der Waals surface area contributed by atoms with E-state index in [2.05, 4.69) is 16.0 Å². The van der Waals surface area contributed by atoms with Gasteiger partial charge in [0, 0.05) is 35.6 Å². The summed E-state index contributed by atoms with van der Waals surface area (Å²) in [7, 11) is 0. The van der Waals surface area contributed by atoms with Gasteiger partial charge >= 0.3 is 0 Å². The van der Waals surface area contributed by atoms with E-state index in [0.29, 0.717) is 24.9 Å². The molecule has 0 aliphatic heterocycles. The number of carbonyl (C=O) groups excluding carboxylic acids is 2. The number of anilines is 3. The molecule has 0 aliphatic rings. The van der Waals surface area contributed by atoms with E-state index in [1.165, 1.54) is 0 Å². The zero-order valence-electron chi connectivity index (χ0n) is 15.5. The van der Waals surface area contributed by atoms with Crippen LogP contribution in [0.4, 0.5) is 17.1 Å². The summed E-state index contributed by atoms with van der Waals surface area (Å²) in [6, 6.07) is 26.5. The van der Waals surface area contributed by atoms with Crippen molar-refractivity contribution in [1.29, 1.82) is 0 Å². The van der Waals surface area contributed by atoms with E-state index in [4.69, 9.17) is 0 Å². The molecule has 0 heterocycles. The first-order valence-corrected chi connectivity index (χ1v) is 9.26. The van der Waals surface area contributed by atoms with Crippen LogP contribution in [0.1, 0.15) is 23.2 Å². The Kier molecular flexibility index (Phi) is 6.79. The predicted octanol–water partition coefficient (Wildman–Crippen LogP) is 4.58. The Labute approximate surface area is 164 Å². The Hall–Kier alpha value is -3.60. The zero-order chi connectivity index (χ0) is 19.6. The third kappa shape index (κ3) is 5.99. The molecule has 3 N–H and O–H groups in total. The summed E-state index contributed by atoms with van der Waals surface area (Å²) in [5.74, 6) is -0.194. The Balaban J connectivity index is 1.38. The van der Waals surface area contributed by atoms with Gasteiger partial charge in [-0.2, -0.15) is 0 Å². The van der Waals surface area contributed by atoms with E-state index in [9.17, 15) is 9.59 Å². The van der Waals surface area contributed by atoms with Crippen molar-refractivity contribution in [2.75, 3.05) is 17.2 Å². The Bertz CT molecular complexity index is 894. The lowest BCUT2D eigenvalue weighted by atomic mass is 10.2. The molecule has 0 fully saturated rings. The van der Waals surface area contributed by atoms with Crippen molar-refractivity contribution < 1.29 is 9.59 Å². The molecule has 142 valence electrons. The normalized spacial score (nSPS) is 10.1. The van der Waals surface area contributed by atoms with Gasteiger partial charge in [-0.3, -0.25) is 9.59 Å². The minimum atomic E-state index is -0.123. The van der Waals surface area contributed by atoms with Gasteiger partial charge in [-0.1, -0.05) is 36.4 Å². The standard InChI is InChI=1S/C23H23N3O2/c27-22(12-7-17-24-23(28)18-8-3-1-4-9-18)26-21-15-13-20(14-16-21)25-19-10-5-2-6-11-19/h1-6,8-11,13-16,25H,7,12,17H2,(H,24,28)(H,26,27). The molecule has 0 aliphatic carbocycles. The van der Waals surface area contributed by atoms with Gasteiger partial charge in [0.15, 0.2) is 0 Å². The first kappa shape index (κ1) is 19.2. The van der Waals surface area contributed by atoms with Crippen molar-refractivity contribution in [2.24, 2.45) is 0 Å². The first-order valence-electron chi connectivity index (χ1n) is 9.26. The lowest BCUT2D eigenvalue weighted by Gasteiger charge is -2.09. The molecule has 0 atom stereocenters. The van der Waals surface area contributed by atoms with E-state index in [0.717, 1.165) is 17.1 Å². The molecule has 0 radical (unpaired) electrons. The van der Waals surface area contributed by atoms with Crippen molar-refractivity contribution in [2.45, 2.75) is 12.8 Å². The Morgan fingerprint density at radius 1 is 0.679 bits per heavy atom.